The molecule has 0 aromatic heterocycles. The molecule has 2 rings (SSSR count). The molecule has 0 aliphatic carbocycles. The Morgan fingerprint density at radius 1 is 1.50 bits per heavy atom. The van der Waals surface area contributed by atoms with E-state index in [1.165, 1.54) is 5.56 Å². The van der Waals surface area contributed by atoms with Crippen molar-refractivity contribution >= 4 is 21.7 Å². The van der Waals surface area contributed by atoms with E-state index in [1.807, 2.05) is 12.1 Å². The number of ether oxygens (including phenoxy) is 1. The molecule has 0 unspecified atom stereocenters. The van der Waals surface area contributed by atoms with Gasteiger partial charge in [-0.3, -0.25) is 0 Å². The fraction of sp³-hybridized carbons (Fsp3) is 0.462. The maximum atomic E-state index is 11.1. The topological polar surface area (TPSA) is 26.3 Å². The lowest BCUT2D eigenvalue weighted by Crippen LogP contribution is -2.46. The summed E-state index contributed by atoms with van der Waals surface area (Å²) in [6, 6.07) is 8.30. The van der Waals surface area contributed by atoms with Crippen LogP contribution in [0.3, 0.4) is 0 Å². The quantitative estimate of drug-likeness (QED) is 0.848. The summed E-state index contributed by atoms with van der Waals surface area (Å²) in [5.41, 5.74) is 1.34. The number of ketones is 1. The van der Waals surface area contributed by atoms with Gasteiger partial charge in [0.05, 0.1) is 13.2 Å². The van der Waals surface area contributed by atoms with Crippen molar-refractivity contribution in [2.75, 3.05) is 13.2 Å². The van der Waals surface area contributed by atoms with Crippen molar-refractivity contribution in [2.24, 2.45) is 0 Å². The number of hydrogen-bond donors (Lipinski definition) is 0. The average molecular weight is 283 g/mol. The fourth-order valence-electron chi connectivity index (χ4n) is 2.04. The predicted molar refractivity (Wildman–Crippen MR) is 66.6 cm³/mol. The first kappa shape index (κ1) is 11.8. The van der Waals surface area contributed by atoms with E-state index in [0.717, 1.165) is 24.1 Å². The molecule has 1 fully saturated rings. The van der Waals surface area contributed by atoms with Crippen molar-refractivity contribution in [3.8, 4) is 0 Å². The molecule has 0 atom stereocenters. The number of carbonyl (C=O) groups excluding carboxylic acids is 1. The Kier molecular flexibility index (Phi) is 3.45. The molecule has 1 aromatic rings. The van der Waals surface area contributed by atoms with E-state index >= 15 is 0 Å². The molecule has 3 heteroatoms. The van der Waals surface area contributed by atoms with Crippen LogP contribution in [-0.4, -0.2) is 19.0 Å². The molecule has 2 nitrogen and oxygen atoms in total. The minimum Gasteiger partial charge on any atom is -0.379 e. The average Bonchev–Trinajstić information content (AvgIpc) is 2.15. The van der Waals surface area contributed by atoms with Crippen LogP contribution in [0.1, 0.15) is 25.3 Å². The fourth-order valence-corrected chi connectivity index (χ4v) is 2.44. The van der Waals surface area contributed by atoms with E-state index in [0.29, 0.717) is 6.42 Å². The molecule has 1 aliphatic rings. The molecule has 0 spiro atoms. The number of benzene rings is 1. The van der Waals surface area contributed by atoms with Crippen LogP contribution in [0.4, 0.5) is 0 Å². The zero-order chi connectivity index (χ0) is 11.6. The number of hydrogen-bond acceptors (Lipinski definition) is 2. The third-order valence-corrected chi connectivity index (χ3v) is 3.64. The van der Waals surface area contributed by atoms with Gasteiger partial charge in [0.25, 0.3) is 0 Å². The lowest BCUT2D eigenvalue weighted by Gasteiger charge is -2.42. The van der Waals surface area contributed by atoms with Crippen LogP contribution < -0.4 is 0 Å². The molecule has 86 valence electrons. The number of carbonyl (C=O) groups is 1. The lowest BCUT2D eigenvalue weighted by molar-refractivity contribution is -0.119. The van der Waals surface area contributed by atoms with Crippen LogP contribution in [0, 0.1) is 0 Å². The summed E-state index contributed by atoms with van der Waals surface area (Å²) in [7, 11) is 0. The SMILES string of the molecule is CC(=O)CCC1(c2cccc(Br)c2)COC1. The second-order valence-electron chi connectivity index (χ2n) is 4.49. The van der Waals surface area contributed by atoms with Gasteiger partial charge in [-0.1, -0.05) is 28.1 Å². The summed E-state index contributed by atoms with van der Waals surface area (Å²) < 4.78 is 6.42. The summed E-state index contributed by atoms with van der Waals surface area (Å²) in [6.45, 7) is 3.11. The van der Waals surface area contributed by atoms with Gasteiger partial charge in [-0.05, 0) is 31.0 Å². The summed E-state index contributed by atoms with van der Waals surface area (Å²) in [5, 5.41) is 0. The highest BCUT2D eigenvalue weighted by atomic mass is 79.9. The smallest absolute Gasteiger partial charge is 0.129 e. The standard InChI is InChI=1S/C13H15BrO2/c1-10(15)5-6-13(8-16-9-13)11-3-2-4-12(14)7-11/h2-4,7H,5-6,8-9H2,1H3. The highest BCUT2D eigenvalue weighted by Crippen LogP contribution is 2.37. The maximum absolute atomic E-state index is 11.1. The molecule has 16 heavy (non-hydrogen) atoms. The van der Waals surface area contributed by atoms with E-state index in [4.69, 9.17) is 4.74 Å². The van der Waals surface area contributed by atoms with Crippen LogP contribution >= 0.6 is 15.9 Å². The molecule has 0 N–H and O–H groups in total. The molecule has 1 aliphatic heterocycles. The molecule has 1 aromatic carbocycles. The van der Waals surface area contributed by atoms with E-state index in [-0.39, 0.29) is 11.2 Å². The lowest BCUT2D eigenvalue weighted by atomic mass is 9.75. The van der Waals surface area contributed by atoms with Crippen molar-refractivity contribution in [3.63, 3.8) is 0 Å². The molecule has 1 saturated heterocycles. The first-order valence-corrected chi connectivity index (χ1v) is 6.25. The molecule has 0 radical (unpaired) electrons. The van der Waals surface area contributed by atoms with E-state index in [9.17, 15) is 4.79 Å². The van der Waals surface area contributed by atoms with E-state index < -0.39 is 0 Å². The highest BCUT2D eigenvalue weighted by Gasteiger charge is 2.40. The van der Waals surface area contributed by atoms with E-state index in [1.54, 1.807) is 6.92 Å². The summed E-state index contributed by atoms with van der Waals surface area (Å²) in [5.74, 6) is 0.251. The second kappa shape index (κ2) is 4.68. The molecular formula is C13H15BrO2. The van der Waals surface area contributed by atoms with Crippen molar-refractivity contribution in [3.05, 3.63) is 34.3 Å². The molecule has 1 heterocycles. The normalized spacial score (nSPS) is 17.9. The third-order valence-electron chi connectivity index (χ3n) is 3.15. The molecule has 0 saturated carbocycles. The molecular weight excluding hydrogens is 268 g/mol. The first-order valence-electron chi connectivity index (χ1n) is 5.46. The van der Waals surface area contributed by atoms with Gasteiger partial charge in [0.1, 0.15) is 5.78 Å². The Bertz CT molecular complexity index is 397. The van der Waals surface area contributed by atoms with Crippen LogP contribution in [0.25, 0.3) is 0 Å². The minimum atomic E-state index is 0.0649. The molecule has 0 amide bonds. The van der Waals surface area contributed by atoms with Crippen molar-refractivity contribution < 1.29 is 9.53 Å². The van der Waals surface area contributed by atoms with Gasteiger partial charge in [0.15, 0.2) is 0 Å². The predicted octanol–water partition coefficient (Wildman–Crippen LogP) is 3.09. The van der Waals surface area contributed by atoms with Gasteiger partial charge in [-0.2, -0.15) is 0 Å². The Morgan fingerprint density at radius 3 is 2.75 bits per heavy atom. The minimum absolute atomic E-state index is 0.0649. The first-order chi connectivity index (χ1) is 7.62. The van der Waals surface area contributed by atoms with Gasteiger partial charge in [-0.25, -0.2) is 0 Å². The van der Waals surface area contributed by atoms with Gasteiger partial charge >= 0.3 is 0 Å². The Hall–Kier alpha value is -0.670. The second-order valence-corrected chi connectivity index (χ2v) is 5.40. The van der Waals surface area contributed by atoms with Crippen LogP contribution in [0.5, 0.6) is 0 Å². The van der Waals surface area contributed by atoms with Crippen molar-refractivity contribution in [1.29, 1.82) is 0 Å². The largest absolute Gasteiger partial charge is 0.379 e. The van der Waals surface area contributed by atoms with Crippen molar-refractivity contribution in [1.82, 2.24) is 0 Å². The van der Waals surface area contributed by atoms with Gasteiger partial charge in [0.2, 0.25) is 0 Å². The number of rotatable bonds is 4. The highest BCUT2D eigenvalue weighted by molar-refractivity contribution is 9.10. The zero-order valence-electron chi connectivity index (χ0n) is 9.33. The Morgan fingerprint density at radius 2 is 2.25 bits per heavy atom. The Labute approximate surface area is 104 Å². The third kappa shape index (κ3) is 2.36. The Balaban J connectivity index is 2.17. The van der Waals surface area contributed by atoms with Gasteiger partial charge in [0, 0.05) is 16.3 Å². The van der Waals surface area contributed by atoms with E-state index in [2.05, 4.69) is 28.1 Å². The maximum Gasteiger partial charge on any atom is 0.129 e. The van der Waals surface area contributed by atoms with Gasteiger partial charge in [-0.15, -0.1) is 0 Å². The van der Waals surface area contributed by atoms with Crippen LogP contribution in [0.15, 0.2) is 28.7 Å². The zero-order valence-corrected chi connectivity index (χ0v) is 10.9. The monoisotopic (exact) mass is 282 g/mol. The molecule has 0 bridgehead atoms. The number of Topliss-reactive ketones (excluding diaryl/α,β-unsaturated/α-hetero) is 1. The summed E-state index contributed by atoms with van der Waals surface area (Å²) in [4.78, 5) is 11.1. The summed E-state index contributed by atoms with van der Waals surface area (Å²) in [6.07, 6.45) is 1.52. The summed E-state index contributed by atoms with van der Waals surface area (Å²) >= 11 is 3.48. The van der Waals surface area contributed by atoms with Gasteiger partial charge < -0.3 is 9.53 Å². The number of halogens is 1. The van der Waals surface area contributed by atoms with Crippen LogP contribution in [-0.2, 0) is 14.9 Å². The van der Waals surface area contributed by atoms with Crippen molar-refractivity contribution in [2.45, 2.75) is 25.2 Å². The van der Waals surface area contributed by atoms with Crippen LogP contribution in [0.2, 0.25) is 0 Å².